The number of nitrogens with zero attached hydrogens (tertiary/aromatic N) is 1. The molecule has 23 heavy (non-hydrogen) atoms. The average Bonchev–Trinajstić information content (AvgIpc) is 2.86. The first-order valence-corrected chi connectivity index (χ1v) is 7.76. The predicted molar refractivity (Wildman–Crippen MR) is 86.7 cm³/mol. The molecule has 0 saturated carbocycles. The number of carbonyl (C=O) groups excluding carboxylic acids is 1. The normalized spacial score (nSPS) is 20.7. The highest BCUT2D eigenvalue weighted by Gasteiger charge is 2.42. The zero-order valence-corrected chi connectivity index (χ0v) is 12.8. The summed E-state index contributed by atoms with van der Waals surface area (Å²) in [6.45, 7) is 0.349. The third-order valence-electron chi connectivity index (χ3n) is 4.32. The Kier molecular flexibility index (Phi) is 4.42. The van der Waals surface area contributed by atoms with Crippen LogP contribution in [-0.2, 0) is 22.6 Å². The summed E-state index contributed by atoms with van der Waals surface area (Å²) in [4.78, 5) is 25.7. The van der Waals surface area contributed by atoms with Crippen molar-refractivity contribution in [2.24, 2.45) is 5.92 Å². The first kappa shape index (κ1) is 15.3. The van der Waals surface area contributed by atoms with Crippen molar-refractivity contribution >= 4 is 11.9 Å². The summed E-state index contributed by atoms with van der Waals surface area (Å²) < 4.78 is 0. The van der Waals surface area contributed by atoms with Crippen molar-refractivity contribution in [3.8, 4) is 0 Å². The third kappa shape index (κ3) is 3.42. The second-order valence-corrected chi connectivity index (χ2v) is 5.93. The van der Waals surface area contributed by atoms with Crippen LogP contribution in [0.3, 0.4) is 0 Å². The van der Waals surface area contributed by atoms with Crippen molar-refractivity contribution in [3.63, 3.8) is 0 Å². The minimum atomic E-state index is -0.926. The molecule has 1 N–H and O–H groups in total. The number of aliphatic carboxylic acids is 1. The molecule has 4 heteroatoms. The molecule has 1 amide bonds. The zero-order chi connectivity index (χ0) is 16.2. The maximum atomic E-state index is 12.7. The van der Waals surface area contributed by atoms with E-state index in [2.05, 4.69) is 0 Å². The van der Waals surface area contributed by atoms with E-state index >= 15 is 0 Å². The molecule has 2 aromatic rings. The van der Waals surface area contributed by atoms with E-state index in [0.717, 1.165) is 11.1 Å². The molecule has 0 bridgehead atoms. The van der Waals surface area contributed by atoms with Crippen molar-refractivity contribution in [3.05, 3.63) is 71.8 Å². The molecule has 2 aromatic carbocycles. The Morgan fingerprint density at radius 1 is 1.00 bits per heavy atom. The van der Waals surface area contributed by atoms with Crippen molar-refractivity contribution < 1.29 is 14.7 Å². The highest BCUT2D eigenvalue weighted by molar-refractivity contribution is 5.89. The molecule has 2 atom stereocenters. The molecular weight excluding hydrogens is 290 g/mol. The van der Waals surface area contributed by atoms with Gasteiger partial charge in [0.05, 0.1) is 0 Å². The van der Waals surface area contributed by atoms with Gasteiger partial charge in [-0.1, -0.05) is 60.7 Å². The summed E-state index contributed by atoms with van der Waals surface area (Å²) in [5, 5.41) is 9.47. The van der Waals surface area contributed by atoms with Gasteiger partial charge in [-0.25, -0.2) is 4.79 Å². The van der Waals surface area contributed by atoms with Gasteiger partial charge in [0.1, 0.15) is 6.04 Å². The lowest BCUT2D eigenvalue weighted by Gasteiger charge is -2.21. The molecule has 1 fully saturated rings. The minimum absolute atomic E-state index is 0.0647. The van der Waals surface area contributed by atoms with Crippen molar-refractivity contribution in [1.29, 1.82) is 0 Å². The van der Waals surface area contributed by atoms with Gasteiger partial charge in [-0.3, -0.25) is 4.79 Å². The van der Waals surface area contributed by atoms with Gasteiger partial charge in [0.15, 0.2) is 0 Å². The van der Waals surface area contributed by atoms with Gasteiger partial charge < -0.3 is 10.0 Å². The van der Waals surface area contributed by atoms with Gasteiger partial charge >= 0.3 is 5.97 Å². The predicted octanol–water partition coefficient (Wildman–Crippen LogP) is 2.73. The molecule has 4 nitrogen and oxygen atoms in total. The van der Waals surface area contributed by atoms with Crippen LogP contribution in [0.15, 0.2) is 60.7 Å². The van der Waals surface area contributed by atoms with E-state index in [-0.39, 0.29) is 11.8 Å². The molecule has 0 unspecified atom stereocenters. The van der Waals surface area contributed by atoms with Crippen LogP contribution in [0.25, 0.3) is 0 Å². The highest BCUT2D eigenvalue weighted by Crippen LogP contribution is 2.29. The molecule has 1 aliphatic heterocycles. The maximum absolute atomic E-state index is 12.7. The number of rotatable bonds is 5. The summed E-state index contributed by atoms with van der Waals surface area (Å²) in [6, 6.07) is 18.5. The SMILES string of the molecule is O=C(O)[C@@H]1C[C@@H](Cc2ccccc2)C(=O)N1Cc1ccccc1. The minimum Gasteiger partial charge on any atom is -0.480 e. The highest BCUT2D eigenvalue weighted by atomic mass is 16.4. The number of carboxylic acids is 1. The molecule has 1 aliphatic rings. The quantitative estimate of drug-likeness (QED) is 0.924. The Morgan fingerprint density at radius 2 is 1.57 bits per heavy atom. The fourth-order valence-electron chi connectivity index (χ4n) is 3.16. The summed E-state index contributed by atoms with van der Waals surface area (Å²) in [5.41, 5.74) is 2.02. The van der Waals surface area contributed by atoms with E-state index in [9.17, 15) is 14.7 Å². The van der Waals surface area contributed by atoms with Crippen LogP contribution in [0, 0.1) is 5.92 Å². The second kappa shape index (κ2) is 6.65. The second-order valence-electron chi connectivity index (χ2n) is 5.93. The number of hydrogen-bond donors (Lipinski definition) is 1. The molecule has 0 aliphatic carbocycles. The van der Waals surface area contributed by atoms with Crippen LogP contribution in [0.2, 0.25) is 0 Å². The van der Waals surface area contributed by atoms with Crippen LogP contribution in [0.1, 0.15) is 17.5 Å². The maximum Gasteiger partial charge on any atom is 0.326 e. The van der Waals surface area contributed by atoms with Crippen molar-refractivity contribution in [2.75, 3.05) is 0 Å². The van der Waals surface area contributed by atoms with E-state index < -0.39 is 12.0 Å². The van der Waals surface area contributed by atoms with E-state index in [1.807, 2.05) is 60.7 Å². The Hall–Kier alpha value is -2.62. The Bertz CT molecular complexity index is 684. The van der Waals surface area contributed by atoms with Gasteiger partial charge in [-0.05, 0) is 24.0 Å². The standard InChI is InChI=1S/C19H19NO3/c21-18-16(11-14-7-3-1-4-8-14)12-17(19(22)23)20(18)13-15-9-5-2-6-10-15/h1-10,16-17H,11-13H2,(H,22,23)/t16-,17+/m1/s1. The first-order valence-electron chi connectivity index (χ1n) is 7.76. The molecule has 118 valence electrons. The molecule has 0 aromatic heterocycles. The van der Waals surface area contributed by atoms with Crippen LogP contribution < -0.4 is 0 Å². The van der Waals surface area contributed by atoms with Gasteiger partial charge in [-0.2, -0.15) is 0 Å². The van der Waals surface area contributed by atoms with Crippen molar-refractivity contribution in [2.45, 2.75) is 25.4 Å². The van der Waals surface area contributed by atoms with Gasteiger partial charge in [0.2, 0.25) is 5.91 Å². The Morgan fingerprint density at radius 3 is 2.13 bits per heavy atom. The fraction of sp³-hybridized carbons (Fsp3) is 0.263. The largest absolute Gasteiger partial charge is 0.480 e. The average molecular weight is 309 g/mol. The molecule has 0 spiro atoms. The number of benzene rings is 2. The molecular formula is C19H19NO3. The summed E-state index contributed by atoms with van der Waals surface area (Å²) in [7, 11) is 0. The third-order valence-corrected chi connectivity index (χ3v) is 4.32. The first-order chi connectivity index (χ1) is 11.1. The van der Waals surface area contributed by atoms with Crippen LogP contribution in [0.4, 0.5) is 0 Å². The van der Waals surface area contributed by atoms with Crippen molar-refractivity contribution in [1.82, 2.24) is 4.90 Å². The molecule has 3 rings (SSSR count). The number of amides is 1. The van der Waals surface area contributed by atoms with E-state index in [1.54, 1.807) is 0 Å². The van der Waals surface area contributed by atoms with E-state index in [4.69, 9.17) is 0 Å². The number of likely N-dealkylation sites (tertiary alicyclic amines) is 1. The van der Waals surface area contributed by atoms with Gasteiger partial charge in [0.25, 0.3) is 0 Å². The molecule has 0 radical (unpaired) electrons. The lowest BCUT2D eigenvalue weighted by Crippen LogP contribution is -2.38. The number of hydrogen-bond acceptors (Lipinski definition) is 2. The topological polar surface area (TPSA) is 57.6 Å². The van der Waals surface area contributed by atoms with Gasteiger partial charge in [-0.15, -0.1) is 0 Å². The van der Waals surface area contributed by atoms with E-state index in [1.165, 1.54) is 4.90 Å². The van der Waals surface area contributed by atoms with Crippen LogP contribution >= 0.6 is 0 Å². The zero-order valence-electron chi connectivity index (χ0n) is 12.8. The fourth-order valence-corrected chi connectivity index (χ4v) is 3.16. The monoisotopic (exact) mass is 309 g/mol. The Balaban J connectivity index is 1.78. The molecule has 1 saturated heterocycles. The molecule has 1 heterocycles. The lowest BCUT2D eigenvalue weighted by atomic mass is 9.96. The van der Waals surface area contributed by atoms with Crippen LogP contribution in [0.5, 0.6) is 0 Å². The number of carboxylic acid groups (broad SMARTS) is 1. The van der Waals surface area contributed by atoms with Gasteiger partial charge in [0, 0.05) is 12.5 Å². The lowest BCUT2D eigenvalue weighted by molar-refractivity contribution is -0.146. The Labute approximate surface area is 135 Å². The summed E-state index contributed by atoms with van der Waals surface area (Å²) >= 11 is 0. The summed E-state index contributed by atoms with van der Waals surface area (Å²) in [5.74, 6) is -1.25. The van der Waals surface area contributed by atoms with E-state index in [0.29, 0.717) is 19.4 Å². The summed E-state index contributed by atoms with van der Waals surface area (Å²) in [6.07, 6.45) is 0.963. The van der Waals surface area contributed by atoms with Crippen LogP contribution in [-0.4, -0.2) is 27.9 Å². The number of carbonyl (C=O) groups is 2. The smallest absolute Gasteiger partial charge is 0.326 e.